The van der Waals surface area contributed by atoms with Crippen LogP contribution < -0.4 is 5.32 Å². The molecule has 6 heteroatoms. The van der Waals surface area contributed by atoms with Crippen molar-refractivity contribution in [1.29, 1.82) is 0 Å². The molecule has 0 atom stereocenters. The fraction of sp³-hybridized carbons (Fsp3) is 0.308. The highest BCUT2D eigenvalue weighted by atomic mass is 35.5. The van der Waals surface area contributed by atoms with Crippen molar-refractivity contribution in [2.45, 2.75) is 20.0 Å². The maximum absolute atomic E-state index is 12.2. The Bertz CT molecular complexity index is 530. The molecule has 104 valence electrons. The summed E-state index contributed by atoms with van der Waals surface area (Å²) in [5.41, 5.74) is 2.49. The van der Waals surface area contributed by atoms with Crippen LogP contribution in [0.5, 0.6) is 5.75 Å². The Morgan fingerprint density at radius 3 is 2.79 bits per heavy atom. The van der Waals surface area contributed by atoms with Crippen LogP contribution in [-0.4, -0.2) is 21.6 Å². The lowest BCUT2D eigenvalue weighted by Crippen LogP contribution is -2.00. The van der Waals surface area contributed by atoms with E-state index in [0.717, 1.165) is 16.9 Å². The topological polar surface area (TPSA) is 50.1 Å². The largest absolute Gasteiger partial charge is 0.508 e. The van der Waals surface area contributed by atoms with Gasteiger partial charge in [-0.1, -0.05) is 18.2 Å². The molecule has 0 aliphatic carbocycles. The Morgan fingerprint density at radius 1 is 1.37 bits per heavy atom. The standard InChI is InChI=1S/C13H16FN3O.ClH/c1-10-12(9-17(16-10)7-6-14)15-8-11-4-2-3-5-13(11)18;/h2-5,9,15,18H,6-8H2,1H3;1H. The van der Waals surface area contributed by atoms with Gasteiger partial charge in [0.2, 0.25) is 0 Å². The van der Waals surface area contributed by atoms with Crippen LogP contribution in [0.2, 0.25) is 0 Å². The van der Waals surface area contributed by atoms with Gasteiger partial charge in [-0.05, 0) is 13.0 Å². The van der Waals surface area contributed by atoms with Crippen LogP contribution in [0.1, 0.15) is 11.3 Å². The Hall–Kier alpha value is -1.75. The molecule has 19 heavy (non-hydrogen) atoms. The predicted molar refractivity (Wildman–Crippen MR) is 75.6 cm³/mol. The van der Waals surface area contributed by atoms with Gasteiger partial charge < -0.3 is 10.4 Å². The summed E-state index contributed by atoms with van der Waals surface area (Å²) in [5, 5.41) is 17.0. The number of rotatable bonds is 5. The highest BCUT2D eigenvalue weighted by molar-refractivity contribution is 5.85. The zero-order chi connectivity index (χ0) is 13.0. The minimum atomic E-state index is -0.431. The molecule has 4 nitrogen and oxygen atoms in total. The van der Waals surface area contributed by atoms with Crippen LogP contribution >= 0.6 is 12.4 Å². The van der Waals surface area contributed by atoms with E-state index in [9.17, 15) is 9.50 Å². The van der Waals surface area contributed by atoms with Gasteiger partial charge in [0, 0.05) is 18.3 Å². The third kappa shape index (κ3) is 3.86. The van der Waals surface area contributed by atoms with E-state index in [-0.39, 0.29) is 24.7 Å². The quantitative estimate of drug-likeness (QED) is 0.888. The Morgan fingerprint density at radius 2 is 2.11 bits per heavy atom. The zero-order valence-corrected chi connectivity index (χ0v) is 11.5. The minimum absolute atomic E-state index is 0. The lowest BCUT2D eigenvalue weighted by Gasteiger charge is -2.06. The van der Waals surface area contributed by atoms with E-state index in [4.69, 9.17) is 0 Å². The first kappa shape index (κ1) is 15.3. The summed E-state index contributed by atoms with van der Waals surface area (Å²) in [5.74, 6) is 0.263. The molecule has 0 bridgehead atoms. The molecule has 1 aromatic carbocycles. The zero-order valence-electron chi connectivity index (χ0n) is 10.6. The van der Waals surface area contributed by atoms with Crippen LogP contribution in [0.15, 0.2) is 30.5 Å². The van der Waals surface area contributed by atoms with Crippen LogP contribution in [0.25, 0.3) is 0 Å². The van der Waals surface area contributed by atoms with E-state index >= 15 is 0 Å². The van der Waals surface area contributed by atoms with Crippen LogP contribution in [-0.2, 0) is 13.1 Å². The Balaban J connectivity index is 0.00000180. The van der Waals surface area contributed by atoms with Gasteiger partial charge in [0.05, 0.1) is 17.9 Å². The number of benzene rings is 1. The number of anilines is 1. The molecule has 0 unspecified atom stereocenters. The first-order valence-electron chi connectivity index (χ1n) is 5.81. The van der Waals surface area contributed by atoms with E-state index in [0.29, 0.717) is 6.54 Å². The van der Waals surface area contributed by atoms with E-state index in [1.54, 1.807) is 23.0 Å². The number of phenols is 1. The van der Waals surface area contributed by atoms with Crippen molar-refractivity contribution in [1.82, 2.24) is 9.78 Å². The van der Waals surface area contributed by atoms with Gasteiger partial charge in [-0.3, -0.25) is 4.68 Å². The number of aryl methyl sites for hydroxylation is 2. The van der Waals surface area contributed by atoms with Crippen molar-refractivity contribution in [3.63, 3.8) is 0 Å². The molecule has 2 N–H and O–H groups in total. The summed E-state index contributed by atoms with van der Waals surface area (Å²) >= 11 is 0. The fourth-order valence-electron chi connectivity index (χ4n) is 1.74. The van der Waals surface area contributed by atoms with Crippen molar-refractivity contribution in [2.24, 2.45) is 0 Å². The summed E-state index contributed by atoms with van der Waals surface area (Å²) in [7, 11) is 0. The van der Waals surface area contributed by atoms with Crippen molar-refractivity contribution in [3.8, 4) is 5.75 Å². The molecular formula is C13H17ClFN3O. The van der Waals surface area contributed by atoms with E-state index in [2.05, 4.69) is 10.4 Å². The lowest BCUT2D eigenvalue weighted by atomic mass is 10.2. The molecular weight excluding hydrogens is 269 g/mol. The SMILES string of the molecule is Cc1nn(CCF)cc1NCc1ccccc1O.Cl. The van der Waals surface area contributed by atoms with Gasteiger partial charge >= 0.3 is 0 Å². The number of alkyl halides is 1. The normalized spacial score (nSPS) is 10.0. The average Bonchev–Trinajstić information content (AvgIpc) is 2.69. The molecule has 0 saturated heterocycles. The number of para-hydroxylation sites is 1. The monoisotopic (exact) mass is 285 g/mol. The van der Waals surface area contributed by atoms with Gasteiger partial charge in [-0.2, -0.15) is 5.10 Å². The second-order valence-electron chi connectivity index (χ2n) is 4.06. The maximum Gasteiger partial charge on any atom is 0.120 e. The second kappa shape index (κ2) is 6.99. The van der Waals surface area contributed by atoms with Gasteiger partial charge in [0.1, 0.15) is 12.4 Å². The molecule has 0 fully saturated rings. The number of hydrogen-bond acceptors (Lipinski definition) is 3. The predicted octanol–water partition coefficient (Wildman–Crippen LogP) is 2.90. The molecule has 0 radical (unpaired) electrons. The van der Waals surface area contributed by atoms with E-state index in [1.807, 2.05) is 19.1 Å². The number of halogens is 2. The summed E-state index contributed by atoms with van der Waals surface area (Å²) < 4.78 is 13.8. The van der Waals surface area contributed by atoms with Crippen LogP contribution in [0, 0.1) is 6.92 Å². The number of phenolic OH excluding ortho intramolecular Hbond substituents is 1. The molecule has 2 rings (SSSR count). The van der Waals surface area contributed by atoms with E-state index < -0.39 is 6.67 Å². The van der Waals surface area contributed by atoms with Crippen molar-refractivity contribution in [3.05, 3.63) is 41.7 Å². The number of nitrogens with zero attached hydrogens (tertiary/aromatic N) is 2. The molecule has 0 aliphatic heterocycles. The van der Waals surface area contributed by atoms with Gasteiger partial charge in [-0.25, -0.2) is 4.39 Å². The maximum atomic E-state index is 12.2. The molecule has 1 heterocycles. The number of aromatic nitrogens is 2. The van der Waals surface area contributed by atoms with Crippen LogP contribution in [0.4, 0.5) is 10.1 Å². The Labute approximate surface area is 117 Å². The number of aromatic hydroxyl groups is 1. The van der Waals surface area contributed by atoms with Crippen molar-refractivity contribution < 1.29 is 9.50 Å². The highest BCUT2D eigenvalue weighted by Gasteiger charge is 2.05. The first-order chi connectivity index (χ1) is 8.70. The third-order valence-corrected chi connectivity index (χ3v) is 2.72. The van der Waals surface area contributed by atoms with E-state index in [1.165, 1.54) is 0 Å². The molecule has 0 saturated carbocycles. The Kier molecular flexibility index (Phi) is 5.63. The third-order valence-electron chi connectivity index (χ3n) is 2.72. The molecule has 0 spiro atoms. The summed E-state index contributed by atoms with van der Waals surface area (Å²) in [6, 6.07) is 7.15. The second-order valence-corrected chi connectivity index (χ2v) is 4.06. The van der Waals surface area contributed by atoms with Crippen LogP contribution in [0.3, 0.4) is 0 Å². The summed E-state index contributed by atoms with van der Waals surface area (Å²) in [6.45, 7) is 2.20. The summed E-state index contributed by atoms with van der Waals surface area (Å²) in [4.78, 5) is 0. The van der Waals surface area contributed by atoms with Crippen molar-refractivity contribution in [2.75, 3.05) is 12.0 Å². The molecule has 0 aliphatic rings. The van der Waals surface area contributed by atoms with Gasteiger partial charge in [-0.15, -0.1) is 12.4 Å². The van der Waals surface area contributed by atoms with Gasteiger partial charge in [0.15, 0.2) is 0 Å². The van der Waals surface area contributed by atoms with Gasteiger partial charge in [0.25, 0.3) is 0 Å². The summed E-state index contributed by atoms with van der Waals surface area (Å²) in [6.07, 6.45) is 1.77. The smallest absolute Gasteiger partial charge is 0.120 e. The molecule has 2 aromatic rings. The minimum Gasteiger partial charge on any atom is -0.508 e. The number of nitrogens with one attached hydrogen (secondary N) is 1. The fourth-order valence-corrected chi connectivity index (χ4v) is 1.74. The average molecular weight is 286 g/mol. The molecule has 1 aromatic heterocycles. The van der Waals surface area contributed by atoms with Crippen molar-refractivity contribution >= 4 is 18.1 Å². The first-order valence-corrected chi connectivity index (χ1v) is 5.81. The number of hydrogen-bond donors (Lipinski definition) is 2. The molecule has 0 amide bonds. The highest BCUT2D eigenvalue weighted by Crippen LogP contribution is 2.19. The lowest BCUT2D eigenvalue weighted by molar-refractivity contribution is 0.426.